The van der Waals surface area contributed by atoms with Crippen molar-refractivity contribution in [1.29, 1.82) is 0 Å². The molecule has 0 atom stereocenters. The summed E-state index contributed by atoms with van der Waals surface area (Å²) in [5.74, 6) is 1.96. The first kappa shape index (κ1) is 36.0. The van der Waals surface area contributed by atoms with Crippen molar-refractivity contribution in [3.8, 4) is 11.5 Å². The number of rotatable bonds is 4. The molecule has 1 aromatic heterocycles. The van der Waals surface area contributed by atoms with Crippen LogP contribution in [0.25, 0.3) is 0 Å². The van der Waals surface area contributed by atoms with Gasteiger partial charge in [-0.05, 0) is 39.4 Å². The van der Waals surface area contributed by atoms with Crippen LogP contribution in [-0.4, -0.2) is 21.0 Å². The zero-order chi connectivity index (χ0) is 35.0. The number of carboxylic acid groups (broad SMARTS) is 1. The first-order chi connectivity index (χ1) is 24.4. The molecule has 1 aliphatic heterocycles. The van der Waals surface area contributed by atoms with Crippen molar-refractivity contribution in [2.24, 2.45) is 0 Å². The highest BCUT2D eigenvalue weighted by atomic mass is 31.1. The number of carbonyl (C=O) groups is 1. The van der Waals surface area contributed by atoms with Gasteiger partial charge in [0.25, 0.3) is 0 Å². The van der Waals surface area contributed by atoms with Crippen LogP contribution in [-0.2, 0) is 5.41 Å². The molecule has 0 fully saturated rings. The van der Waals surface area contributed by atoms with Crippen LogP contribution in [0.5, 0.6) is 11.5 Å². The highest BCUT2D eigenvalue weighted by molar-refractivity contribution is 7.55. The molecule has 0 aliphatic carbocycles. The zero-order valence-corrected chi connectivity index (χ0v) is 30.1. The minimum Gasteiger partial charge on any atom is -0.463 e. The molecule has 1 N–H and O–H groups in total. The predicted molar refractivity (Wildman–Crippen MR) is 212 cm³/mol. The van der Waals surface area contributed by atoms with Gasteiger partial charge in [0, 0.05) is 28.9 Å². The number of fused-ring (bicyclic) bond motifs is 2. The van der Waals surface area contributed by atoms with Crippen LogP contribution >= 0.6 is 17.2 Å². The van der Waals surface area contributed by atoms with Gasteiger partial charge in [-0.2, -0.15) is 9.78 Å². The summed E-state index contributed by atoms with van der Waals surface area (Å²) in [5, 5.41) is 17.2. The van der Waals surface area contributed by atoms with Crippen molar-refractivity contribution in [3.63, 3.8) is 0 Å². The maximum Gasteiger partial charge on any atom is 0.432 e. The third-order valence-corrected chi connectivity index (χ3v) is 10.2. The maximum absolute atomic E-state index is 9.96. The predicted octanol–water partition coefficient (Wildman–Crippen LogP) is 9.16. The average molecular weight is 695 g/mol. The highest BCUT2D eigenvalue weighted by Crippen LogP contribution is 2.47. The fraction of sp³-hybridized carbons (Fsp3) is 0.0698. The molecule has 0 amide bonds. The molecule has 5 nitrogen and oxygen atoms in total. The van der Waals surface area contributed by atoms with Crippen LogP contribution in [0.4, 0.5) is 4.79 Å². The Labute approximate surface area is 298 Å². The summed E-state index contributed by atoms with van der Waals surface area (Å²) >= 11 is 0. The number of benzene rings is 6. The monoisotopic (exact) mass is 694 g/mol. The second-order valence-corrected chi connectivity index (χ2v) is 14.5. The van der Waals surface area contributed by atoms with Crippen LogP contribution < -0.4 is 26.0 Å². The Kier molecular flexibility index (Phi) is 13.3. The maximum atomic E-state index is 9.96. The first-order valence-corrected chi connectivity index (χ1v) is 18.2. The van der Waals surface area contributed by atoms with E-state index in [2.05, 4.69) is 165 Å². The number of nitrogens with zero attached hydrogens (tertiary/aromatic N) is 2. The van der Waals surface area contributed by atoms with Crippen LogP contribution in [0.3, 0.4) is 0 Å². The van der Waals surface area contributed by atoms with E-state index in [0.29, 0.717) is 0 Å². The molecule has 0 saturated heterocycles. The smallest absolute Gasteiger partial charge is 0.432 e. The van der Waals surface area contributed by atoms with Crippen LogP contribution in [0, 0.1) is 0 Å². The van der Waals surface area contributed by atoms with Crippen LogP contribution in [0.15, 0.2) is 188 Å². The Morgan fingerprint density at radius 1 is 0.540 bits per heavy atom. The molecular formula is C43H40N2O3P2. The van der Waals surface area contributed by atoms with Gasteiger partial charge >= 0.3 is 6.09 Å². The van der Waals surface area contributed by atoms with Crippen molar-refractivity contribution in [3.05, 3.63) is 199 Å². The third kappa shape index (κ3) is 10.6. The molecule has 8 rings (SSSR count). The molecule has 0 spiro atoms. The molecule has 50 heavy (non-hydrogen) atoms. The van der Waals surface area contributed by atoms with Crippen LogP contribution in [0.2, 0.25) is 0 Å². The Bertz CT molecular complexity index is 1820. The second kappa shape index (κ2) is 18.4. The topological polar surface area (TPSA) is 64.3 Å². The molecule has 0 unspecified atom stereocenters. The number of ether oxygens (including phenoxy) is 1. The standard InChI is InChI=1S/C15H14O.2C12H11P.C4H4N2O2/c1-15(2)11-7-3-5-9-13(11)16-14-10-6-4-8-12(14)15;2*1-3-7-11(8-4-1)13-12-9-5-2-6-10-12;7-4(8)6-3-1-2-5-6/h3-10H,1-2H3;2*1-10,13H;1-3H,(H,7,8). The summed E-state index contributed by atoms with van der Waals surface area (Å²) in [5.41, 5.74) is 2.54. The zero-order valence-electron chi connectivity index (χ0n) is 28.1. The molecule has 7 heteroatoms. The van der Waals surface area contributed by atoms with E-state index >= 15 is 0 Å². The fourth-order valence-electron chi connectivity index (χ4n) is 5.21. The minimum absolute atomic E-state index is 0.0193. The Balaban J connectivity index is 0.000000133. The van der Waals surface area contributed by atoms with Crippen LogP contribution in [0.1, 0.15) is 25.0 Å². The van der Waals surface area contributed by atoms with E-state index in [1.807, 2.05) is 24.3 Å². The van der Waals surface area contributed by atoms with Gasteiger partial charge in [-0.1, -0.05) is 189 Å². The van der Waals surface area contributed by atoms with E-state index in [1.165, 1.54) is 44.7 Å². The van der Waals surface area contributed by atoms with E-state index < -0.39 is 6.09 Å². The van der Waals surface area contributed by atoms with Gasteiger partial charge in [0.1, 0.15) is 11.5 Å². The van der Waals surface area contributed by atoms with E-state index in [0.717, 1.165) is 33.3 Å². The number of aromatic nitrogens is 2. The van der Waals surface area contributed by atoms with Gasteiger partial charge in [0.2, 0.25) is 0 Å². The van der Waals surface area contributed by atoms with Crippen molar-refractivity contribution in [2.75, 3.05) is 0 Å². The lowest BCUT2D eigenvalue weighted by molar-refractivity contribution is 0.192. The summed E-state index contributed by atoms with van der Waals surface area (Å²) in [4.78, 5) is 9.96. The molecule has 250 valence electrons. The minimum atomic E-state index is -1.06. The van der Waals surface area contributed by atoms with Gasteiger partial charge in [0.05, 0.1) is 0 Å². The van der Waals surface area contributed by atoms with Crippen molar-refractivity contribution < 1.29 is 14.6 Å². The Hall–Kier alpha value is -5.34. The molecule has 2 heterocycles. The fourth-order valence-corrected chi connectivity index (χ4v) is 7.31. The molecule has 7 aromatic rings. The number of hydrogen-bond donors (Lipinski definition) is 1. The summed E-state index contributed by atoms with van der Waals surface area (Å²) in [6.45, 7) is 4.49. The second-order valence-electron chi connectivity index (χ2n) is 11.7. The summed E-state index contributed by atoms with van der Waals surface area (Å²) < 4.78 is 6.75. The summed E-state index contributed by atoms with van der Waals surface area (Å²) in [6, 6.07) is 60.4. The molecular weight excluding hydrogens is 654 g/mol. The summed E-state index contributed by atoms with van der Waals surface area (Å²) in [7, 11) is 1.55. The lowest BCUT2D eigenvalue weighted by Gasteiger charge is -2.34. The van der Waals surface area contributed by atoms with E-state index in [4.69, 9.17) is 9.84 Å². The average Bonchev–Trinajstić information content (AvgIpc) is 3.71. The van der Waals surface area contributed by atoms with Gasteiger partial charge < -0.3 is 9.84 Å². The highest BCUT2D eigenvalue weighted by Gasteiger charge is 2.33. The van der Waals surface area contributed by atoms with E-state index in [9.17, 15) is 4.79 Å². The summed E-state index contributed by atoms with van der Waals surface area (Å²) in [6.07, 6.45) is 1.71. The first-order valence-electron chi connectivity index (χ1n) is 16.2. The lowest BCUT2D eigenvalue weighted by atomic mass is 9.76. The van der Waals surface area contributed by atoms with E-state index in [1.54, 1.807) is 6.07 Å². The van der Waals surface area contributed by atoms with Crippen molar-refractivity contribution >= 4 is 44.5 Å². The molecule has 1 aliphatic rings. The Morgan fingerprint density at radius 3 is 1.18 bits per heavy atom. The number of para-hydroxylation sites is 2. The molecule has 0 saturated carbocycles. The lowest BCUT2D eigenvalue weighted by Crippen LogP contribution is -2.23. The van der Waals surface area contributed by atoms with Gasteiger partial charge in [0.15, 0.2) is 0 Å². The third-order valence-electron chi connectivity index (χ3n) is 7.71. The SMILES string of the molecule is CC1(C)c2ccccc2Oc2ccccc21.O=C(O)n1cccn1.c1ccc(Pc2ccccc2)cc1.c1ccc(Pc2ccccc2)cc1. The quantitative estimate of drug-likeness (QED) is 0.187. The molecule has 6 aromatic carbocycles. The van der Waals surface area contributed by atoms with Crippen molar-refractivity contribution in [2.45, 2.75) is 19.3 Å². The Morgan fingerprint density at radius 2 is 0.880 bits per heavy atom. The van der Waals surface area contributed by atoms with Gasteiger partial charge in [-0.15, -0.1) is 0 Å². The number of hydrogen-bond acceptors (Lipinski definition) is 3. The normalized spacial score (nSPS) is 11.6. The van der Waals surface area contributed by atoms with Crippen molar-refractivity contribution in [1.82, 2.24) is 9.78 Å². The largest absolute Gasteiger partial charge is 0.463 e. The van der Waals surface area contributed by atoms with Gasteiger partial charge in [-0.25, -0.2) is 4.79 Å². The molecule has 0 radical (unpaired) electrons. The van der Waals surface area contributed by atoms with E-state index in [-0.39, 0.29) is 5.41 Å². The molecule has 0 bridgehead atoms. The van der Waals surface area contributed by atoms with Gasteiger partial charge in [-0.3, -0.25) is 0 Å².